The van der Waals surface area contributed by atoms with Crippen LogP contribution < -0.4 is 4.57 Å². The van der Waals surface area contributed by atoms with Gasteiger partial charge in [0.1, 0.15) is 18.9 Å². The van der Waals surface area contributed by atoms with Crippen LogP contribution in [-0.2, 0) is 13.6 Å². The number of aromatic nitrogens is 2. The lowest BCUT2D eigenvalue weighted by atomic mass is 10.2. The highest BCUT2D eigenvalue weighted by molar-refractivity contribution is 5.32. The van der Waals surface area contributed by atoms with Gasteiger partial charge >= 0.3 is 0 Å². The molecule has 0 unspecified atom stereocenters. The minimum absolute atomic E-state index is 0.127. The SMILES string of the molecule is C[n+]1ccn(Cc2ccc([N+](=O)[O-])cc2)c1. The normalized spacial score (nSPS) is 10.3. The molecule has 0 aliphatic carbocycles. The molecule has 0 aliphatic heterocycles. The Kier molecular flexibility index (Phi) is 2.68. The average Bonchev–Trinajstić information content (AvgIpc) is 2.65. The smallest absolute Gasteiger partial charge is 0.258 e. The van der Waals surface area contributed by atoms with Crippen molar-refractivity contribution in [1.29, 1.82) is 0 Å². The molecule has 0 saturated carbocycles. The molecular weight excluding hydrogens is 206 g/mol. The van der Waals surface area contributed by atoms with Crippen LogP contribution in [0.2, 0.25) is 0 Å². The molecule has 0 amide bonds. The molecule has 5 nitrogen and oxygen atoms in total. The van der Waals surface area contributed by atoms with E-state index in [1.54, 1.807) is 12.1 Å². The maximum Gasteiger partial charge on any atom is 0.269 e. The Bertz CT molecular complexity index is 502. The monoisotopic (exact) mass is 218 g/mol. The van der Waals surface area contributed by atoms with Crippen molar-refractivity contribution >= 4 is 5.69 Å². The molecule has 2 aromatic rings. The van der Waals surface area contributed by atoms with Crippen LogP contribution in [-0.4, -0.2) is 9.49 Å². The van der Waals surface area contributed by atoms with Crippen LogP contribution in [0.25, 0.3) is 0 Å². The van der Waals surface area contributed by atoms with Gasteiger partial charge in [-0.1, -0.05) is 0 Å². The number of non-ortho nitro benzene ring substituents is 1. The summed E-state index contributed by atoms with van der Waals surface area (Å²) < 4.78 is 3.96. The van der Waals surface area contributed by atoms with E-state index in [-0.39, 0.29) is 10.6 Å². The quantitative estimate of drug-likeness (QED) is 0.442. The van der Waals surface area contributed by atoms with E-state index < -0.39 is 0 Å². The Morgan fingerprint density at radius 1 is 1.38 bits per heavy atom. The number of nitrogens with zero attached hydrogens (tertiary/aromatic N) is 3. The fourth-order valence-electron chi connectivity index (χ4n) is 1.53. The summed E-state index contributed by atoms with van der Waals surface area (Å²) in [5, 5.41) is 10.5. The predicted molar refractivity (Wildman–Crippen MR) is 57.8 cm³/mol. The van der Waals surface area contributed by atoms with Crippen LogP contribution in [0, 0.1) is 10.1 Å². The number of nitro groups is 1. The summed E-state index contributed by atoms with van der Waals surface area (Å²) in [6.45, 7) is 0.721. The highest BCUT2D eigenvalue weighted by atomic mass is 16.6. The third-order valence-corrected chi connectivity index (χ3v) is 2.34. The Morgan fingerprint density at radius 2 is 2.06 bits per heavy atom. The molecule has 0 bridgehead atoms. The molecular formula is C11H12N3O2+. The minimum Gasteiger partial charge on any atom is -0.258 e. The van der Waals surface area contributed by atoms with Crippen LogP contribution >= 0.6 is 0 Å². The van der Waals surface area contributed by atoms with E-state index >= 15 is 0 Å². The molecule has 0 N–H and O–H groups in total. The van der Waals surface area contributed by atoms with Gasteiger partial charge in [0.25, 0.3) is 5.69 Å². The molecule has 0 fully saturated rings. The number of hydrogen-bond donors (Lipinski definition) is 0. The van der Waals surface area contributed by atoms with Gasteiger partial charge in [-0.15, -0.1) is 0 Å². The first-order valence-corrected chi connectivity index (χ1v) is 4.89. The van der Waals surface area contributed by atoms with Gasteiger partial charge in [-0.3, -0.25) is 10.1 Å². The second kappa shape index (κ2) is 4.14. The van der Waals surface area contributed by atoms with Crippen LogP contribution in [0.1, 0.15) is 5.56 Å². The maximum atomic E-state index is 10.5. The maximum absolute atomic E-state index is 10.5. The molecule has 0 saturated heterocycles. The predicted octanol–water partition coefficient (Wildman–Crippen LogP) is 1.27. The number of nitro benzene ring substituents is 1. The lowest BCUT2D eigenvalue weighted by Crippen LogP contribution is -2.23. The van der Waals surface area contributed by atoms with Crippen molar-refractivity contribution in [2.45, 2.75) is 6.54 Å². The van der Waals surface area contributed by atoms with Gasteiger partial charge in [-0.2, -0.15) is 0 Å². The van der Waals surface area contributed by atoms with Gasteiger partial charge in [0.05, 0.1) is 12.0 Å². The van der Waals surface area contributed by atoms with Gasteiger partial charge in [-0.25, -0.2) is 9.13 Å². The molecule has 0 atom stereocenters. The summed E-state index contributed by atoms with van der Waals surface area (Å²) in [6, 6.07) is 6.61. The molecule has 5 heteroatoms. The van der Waals surface area contributed by atoms with Crippen LogP contribution in [0.15, 0.2) is 43.0 Å². The fraction of sp³-hybridized carbons (Fsp3) is 0.182. The van der Waals surface area contributed by atoms with Gasteiger partial charge < -0.3 is 0 Å². The molecule has 0 radical (unpaired) electrons. The summed E-state index contributed by atoms with van der Waals surface area (Å²) in [7, 11) is 1.95. The summed E-state index contributed by atoms with van der Waals surface area (Å²) in [5.41, 5.74) is 1.17. The van der Waals surface area contributed by atoms with Crippen LogP contribution in [0.3, 0.4) is 0 Å². The van der Waals surface area contributed by atoms with E-state index in [0.717, 1.165) is 12.1 Å². The van der Waals surface area contributed by atoms with Crippen LogP contribution in [0.5, 0.6) is 0 Å². The van der Waals surface area contributed by atoms with E-state index in [0.29, 0.717) is 0 Å². The second-order valence-corrected chi connectivity index (χ2v) is 3.67. The van der Waals surface area contributed by atoms with Crippen molar-refractivity contribution in [3.8, 4) is 0 Å². The first-order chi connectivity index (χ1) is 7.65. The zero-order valence-corrected chi connectivity index (χ0v) is 8.91. The van der Waals surface area contributed by atoms with Crippen molar-refractivity contribution in [3.63, 3.8) is 0 Å². The number of hydrogen-bond acceptors (Lipinski definition) is 2. The van der Waals surface area contributed by atoms with Crippen LogP contribution in [0.4, 0.5) is 5.69 Å². The van der Waals surface area contributed by atoms with Gasteiger partial charge in [0, 0.05) is 12.1 Å². The fourth-order valence-corrected chi connectivity index (χ4v) is 1.53. The summed E-state index contributed by atoms with van der Waals surface area (Å²) in [6.07, 6.45) is 5.87. The molecule has 1 heterocycles. The third kappa shape index (κ3) is 2.25. The molecule has 0 spiro atoms. The van der Waals surface area contributed by atoms with E-state index in [1.165, 1.54) is 12.1 Å². The lowest BCUT2D eigenvalue weighted by Gasteiger charge is -1.97. The van der Waals surface area contributed by atoms with E-state index in [2.05, 4.69) is 0 Å². The minimum atomic E-state index is -0.389. The molecule has 1 aromatic heterocycles. The van der Waals surface area contributed by atoms with E-state index in [1.807, 2.05) is 34.9 Å². The Hall–Kier alpha value is -2.17. The Morgan fingerprint density at radius 3 is 2.56 bits per heavy atom. The number of benzene rings is 1. The average molecular weight is 218 g/mol. The Labute approximate surface area is 92.7 Å². The highest BCUT2D eigenvalue weighted by Gasteiger charge is 2.06. The molecule has 16 heavy (non-hydrogen) atoms. The summed E-state index contributed by atoms with van der Waals surface area (Å²) >= 11 is 0. The number of imidazole rings is 1. The molecule has 1 aromatic carbocycles. The first kappa shape index (κ1) is 10.4. The van der Waals surface area contributed by atoms with Gasteiger partial charge in [-0.05, 0) is 17.7 Å². The van der Waals surface area contributed by atoms with Crippen molar-refractivity contribution in [2.75, 3.05) is 0 Å². The van der Waals surface area contributed by atoms with Crippen molar-refractivity contribution in [2.24, 2.45) is 7.05 Å². The number of aryl methyl sites for hydroxylation is 1. The molecule has 82 valence electrons. The number of rotatable bonds is 3. The topological polar surface area (TPSA) is 52.0 Å². The standard InChI is InChI=1S/C11H12N3O2/c1-12-6-7-13(9-12)8-10-2-4-11(5-3-10)14(15)16/h2-7,9H,8H2,1H3/q+1. The largest absolute Gasteiger partial charge is 0.269 e. The van der Waals surface area contributed by atoms with E-state index in [9.17, 15) is 10.1 Å². The van der Waals surface area contributed by atoms with Gasteiger partial charge in [0.2, 0.25) is 6.33 Å². The van der Waals surface area contributed by atoms with Crippen molar-refractivity contribution in [3.05, 3.63) is 58.7 Å². The summed E-state index contributed by atoms with van der Waals surface area (Å²) in [4.78, 5) is 10.1. The molecule has 0 aliphatic rings. The second-order valence-electron chi connectivity index (χ2n) is 3.67. The lowest BCUT2D eigenvalue weighted by molar-refractivity contribution is -0.671. The van der Waals surface area contributed by atoms with Crippen molar-refractivity contribution < 1.29 is 9.49 Å². The zero-order chi connectivity index (χ0) is 11.5. The Balaban J connectivity index is 2.14. The zero-order valence-electron chi connectivity index (χ0n) is 8.91. The third-order valence-electron chi connectivity index (χ3n) is 2.34. The first-order valence-electron chi connectivity index (χ1n) is 4.89. The van der Waals surface area contributed by atoms with Gasteiger partial charge in [0.15, 0.2) is 0 Å². The van der Waals surface area contributed by atoms with Crippen molar-refractivity contribution in [1.82, 2.24) is 4.57 Å². The highest BCUT2D eigenvalue weighted by Crippen LogP contribution is 2.12. The van der Waals surface area contributed by atoms with E-state index in [4.69, 9.17) is 0 Å². The summed E-state index contributed by atoms with van der Waals surface area (Å²) in [5.74, 6) is 0. The molecule has 2 rings (SSSR count).